The summed E-state index contributed by atoms with van der Waals surface area (Å²) in [5.41, 5.74) is 1.19. The summed E-state index contributed by atoms with van der Waals surface area (Å²) >= 11 is 5.85. The molecular formula is C21H24ClNO3. The first-order valence-electron chi connectivity index (χ1n) is 9.05. The topological polar surface area (TPSA) is 49.8 Å². The maximum absolute atomic E-state index is 12.4. The van der Waals surface area contributed by atoms with Crippen LogP contribution in [0.1, 0.15) is 35.2 Å². The predicted molar refractivity (Wildman–Crippen MR) is 103 cm³/mol. The van der Waals surface area contributed by atoms with Crippen LogP contribution in [-0.2, 0) is 0 Å². The van der Waals surface area contributed by atoms with Gasteiger partial charge in [0.1, 0.15) is 18.5 Å². The zero-order valence-electron chi connectivity index (χ0n) is 14.7. The van der Waals surface area contributed by atoms with Crippen LogP contribution in [-0.4, -0.2) is 48.1 Å². The molecule has 1 heterocycles. The summed E-state index contributed by atoms with van der Waals surface area (Å²) in [6, 6.07) is 13.8. The number of carbonyl (C=O) groups excluding carboxylic acids is 1. The Morgan fingerprint density at radius 1 is 1.00 bits per heavy atom. The molecule has 1 aliphatic heterocycles. The van der Waals surface area contributed by atoms with Crippen LogP contribution in [0.3, 0.4) is 0 Å². The van der Waals surface area contributed by atoms with Crippen LogP contribution in [0.15, 0.2) is 48.5 Å². The molecule has 1 saturated heterocycles. The number of benzene rings is 2. The fourth-order valence-electron chi connectivity index (χ4n) is 3.16. The number of aliphatic hydroxyl groups excluding tert-OH is 1. The standard InChI is InChI=1S/C21H24ClNO3/c22-18-8-4-16(5-9-18)21(25)17-6-10-20(11-7-17)26-15-19(24)14-23-12-2-1-3-13-23/h4-11,19,24H,1-3,12-15H2/t19-/m1/s1. The molecule has 0 saturated carbocycles. The molecule has 1 atom stereocenters. The zero-order chi connectivity index (χ0) is 18.4. The molecule has 138 valence electrons. The van der Waals surface area contributed by atoms with Crippen LogP contribution in [0.2, 0.25) is 5.02 Å². The monoisotopic (exact) mass is 373 g/mol. The van der Waals surface area contributed by atoms with E-state index >= 15 is 0 Å². The lowest BCUT2D eigenvalue weighted by Gasteiger charge is -2.28. The van der Waals surface area contributed by atoms with Gasteiger partial charge in [0, 0.05) is 22.7 Å². The lowest BCUT2D eigenvalue weighted by Crippen LogP contribution is -2.38. The molecule has 5 heteroatoms. The summed E-state index contributed by atoms with van der Waals surface area (Å²) in [7, 11) is 0. The summed E-state index contributed by atoms with van der Waals surface area (Å²) in [5.74, 6) is 0.591. The van der Waals surface area contributed by atoms with E-state index in [2.05, 4.69) is 4.90 Å². The van der Waals surface area contributed by atoms with Gasteiger partial charge in [-0.1, -0.05) is 18.0 Å². The molecule has 0 radical (unpaired) electrons. The largest absolute Gasteiger partial charge is 0.491 e. The van der Waals surface area contributed by atoms with E-state index < -0.39 is 6.10 Å². The van der Waals surface area contributed by atoms with Crippen molar-refractivity contribution >= 4 is 17.4 Å². The fourth-order valence-corrected chi connectivity index (χ4v) is 3.28. The molecule has 0 unspecified atom stereocenters. The van der Waals surface area contributed by atoms with E-state index in [4.69, 9.17) is 16.3 Å². The van der Waals surface area contributed by atoms with Gasteiger partial charge in [0.05, 0.1) is 0 Å². The van der Waals surface area contributed by atoms with Crippen molar-refractivity contribution in [2.75, 3.05) is 26.2 Å². The van der Waals surface area contributed by atoms with Gasteiger partial charge >= 0.3 is 0 Å². The number of aliphatic hydroxyl groups is 1. The van der Waals surface area contributed by atoms with E-state index in [0.29, 0.717) is 28.4 Å². The first kappa shape index (κ1) is 18.9. The van der Waals surface area contributed by atoms with Gasteiger partial charge in [0.2, 0.25) is 0 Å². The Labute approximate surface area is 159 Å². The Balaban J connectivity index is 1.50. The smallest absolute Gasteiger partial charge is 0.193 e. The first-order valence-corrected chi connectivity index (χ1v) is 9.43. The van der Waals surface area contributed by atoms with E-state index in [1.165, 1.54) is 19.3 Å². The van der Waals surface area contributed by atoms with Gasteiger partial charge in [-0.3, -0.25) is 4.79 Å². The van der Waals surface area contributed by atoms with Crippen LogP contribution in [0.5, 0.6) is 5.75 Å². The molecule has 0 aliphatic carbocycles. The number of halogens is 1. The first-order chi connectivity index (χ1) is 12.6. The van der Waals surface area contributed by atoms with Gasteiger partial charge in [0.25, 0.3) is 0 Å². The molecule has 26 heavy (non-hydrogen) atoms. The average molecular weight is 374 g/mol. The molecule has 4 nitrogen and oxygen atoms in total. The highest BCUT2D eigenvalue weighted by molar-refractivity contribution is 6.30. The molecule has 0 aromatic heterocycles. The number of nitrogens with zero attached hydrogens (tertiary/aromatic N) is 1. The van der Waals surface area contributed by atoms with Crippen molar-refractivity contribution in [3.63, 3.8) is 0 Å². The highest BCUT2D eigenvalue weighted by Gasteiger charge is 2.15. The second kappa shape index (κ2) is 9.17. The van der Waals surface area contributed by atoms with Gasteiger partial charge in [0.15, 0.2) is 5.78 Å². The molecule has 1 N–H and O–H groups in total. The Bertz CT molecular complexity index is 709. The summed E-state index contributed by atoms with van der Waals surface area (Å²) < 4.78 is 5.66. The Morgan fingerprint density at radius 3 is 2.19 bits per heavy atom. The molecule has 0 bridgehead atoms. The average Bonchev–Trinajstić information content (AvgIpc) is 2.68. The second-order valence-electron chi connectivity index (χ2n) is 6.69. The van der Waals surface area contributed by atoms with E-state index in [0.717, 1.165) is 13.1 Å². The highest BCUT2D eigenvalue weighted by Crippen LogP contribution is 2.17. The minimum atomic E-state index is -0.511. The molecule has 0 amide bonds. The molecule has 0 spiro atoms. The number of ketones is 1. The van der Waals surface area contributed by atoms with E-state index in [9.17, 15) is 9.90 Å². The normalized spacial score (nSPS) is 16.2. The van der Waals surface area contributed by atoms with Crippen LogP contribution < -0.4 is 4.74 Å². The molecule has 1 aliphatic rings. The molecule has 2 aromatic rings. The summed E-state index contributed by atoms with van der Waals surface area (Å²) in [6.07, 6.45) is 3.18. The third-order valence-corrected chi connectivity index (χ3v) is 4.83. The number of rotatable bonds is 7. The molecule has 1 fully saturated rings. The van der Waals surface area contributed by atoms with Crippen molar-refractivity contribution in [2.45, 2.75) is 25.4 Å². The van der Waals surface area contributed by atoms with Crippen molar-refractivity contribution in [3.05, 3.63) is 64.7 Å². The lowest BCUT2D eigenvalue weighted by molar-refractivity contribution is 0.0617. The summed E-state index contributed by atoms with van der Waals surface area (Å²) in [4.78, 5) is 14.7. The van der Waals surface area contributed by atoms with Crippen molar-refractivity contribution in [1.82, 2.24) is 4.90 Å². The van der Waals surface area contributed by atoms with Crippen LogP contribution in [0, 0.1) is 0 Å². The zero-order valence-corrected chi connectivity index (χ0v) is 15.5. The third kappa shape index (κ3) is 5.31. The van der Waals surface area contributed by atoms with Gasteiger partial charge in [-0.25, -0.2) is 0 Å². The number of likely N-dealkylation sites (tertiary alicyclic amines) is 1. The highest BCUT2D eigenvalue weighted by atomic mass is 35.5. The molecule has 2 aromatic carbocycles. The van der Waals surface area contributed by atoms with Crippen molar-refractivity contribution in [1.29, 1.82) is 0 Å². The maximum atomic E-state index is 12.4. The lowest BCUT2D eigenvalue weighted by atomic mass is 10.0. The van der Waals surface area contributed by atoms with E-state index in [1.807, 2.05) is 0 Å². The minimum Gasteiger partial charge on any atom is -0.491 e. The van der Waals surface area contributed by atoms with Crippen LogP contribution in [0.4, 0.5) is 0 Å². The number of piperidine rings is 1. The number of hydrogen-bond acceptors (Lipinski definition) is 4. The SMILES string of the molecule is O=C(c1ccc(Cl)cc1)c1ccc(OC[C@H](O)CN2CCCCC2)cc1. The summed E-state index contributed by atoms with van der Waals surface area (Å²) in [6.45, 7) is 3.01. The fraction of sp³-hybridized carbons (Fsp3) is 0.381. The Kier molecular flexibility index (Phi) is 6.67. The minimum absolute atomic E-state index is 0.0571. The maximum Gasteiger partial charge on any atom is 0.193 e. The number of carbonyl (C=O) groups is 1. The predicted octanol–water partition coefficient (Wildman–Crippen LogP) is 3.80. The van der Waals surface area contributed by atoms with E-state index in [1.54, 1.807) is 48.5 Å². The number of β-amino-alcohol motifs (C(OH)–C–C–N with tert-alkyl or cyclic N) is 1. The molecular weight excluding hydrogens is 350 g/mol. The quantitative estimate of drug-likeness (QED) is 0.750. The Hall–Kier alpha value is -1.88. The number of hydrogen-bond donors (Lipinski definition) is 1. The third-order valence-electron chi connectivity index (χ3n) is 4.58. The molecule has 3 rings (SSSR count). The van der Waals surface area contributed by atoms with Crippen LogP contribution in [0.25, 0.3) is 0 Å². The van der Waals surface area contributed by atoms with Gasteiger partial charge in [-0.2, -0.15) is 0 Å². The van der Waals surface area contributed by atoms with E-state index in [-0.39, 0.29) is 12.4 Å². The van der Waals surface area contributed by atoms with Gasteiger partial charge in [-0.15, -0.1) is 0 Å². The summed E-state index contributed by atoms with van der Waals surface area (Å²) in [5, 5.41) is 10.8. The van der Waals surface area contributed by atoms with Crippen molar-refractivity contribution < 1.29 is 14.6 Å². The Morgan fingerprint density at radius 2 is 1.58 bits per heavy atom. The second-order valence-corrected chi connectivity index (χ2v) is 7.12. The van der Waals surface area contributed by atoms with Crippen LogP contribution >= 0.6 is 11.6 Å². The van der Waals surface area contributed by atoms with Gasteiger partial charge < -0.3 is 14.7 Å². The van der Waals surface area contributed by atoms with Crippen molar-refractivity contribution in [2.24, 2.45) is 0 Å². The number of ether oxygens (including phenoxy) is 1. The van der Waals surface area contributed by atoms with Crippen molar-refractivity contribution in [3.8, 4) is 5.75 Å². The van der Waals surface area contributed by atoms with Gasteiger partial charge in [-0.05, 0) is 74.5 Å².